The molecular formula is C14H19ClO6. The Bertz CT molecular complexity index is 489. The molecule has 1 aromatic rings. The Kier molecular flexibility index (Phi) is 7.28. The van der Waals surface area contributed by atoms with Gasteiger partial charge in [-0.2, -0.15) is 0 Å². The number of rotatable bonds is 9. The Morgan fingerprint density at radius 1 is 1.14 bits per heavy atom. The number of carbonyl (C=O) groups is 1. The van der Waals surface area contributed by atoms with Gasteiger partial charge in [-0.05, 0) is 26.3 Å². The topological polar surface area (TPSA) is 74.2 Å². The number of carboxylic acids is 1. The zero-order valence-electron chi connectivity index (χ0n) is 12.3. The predicted octanol–water partition coefficient (Wildman–Crippen LogP) is 3.09. The molecule has 0 saturated carbocycles. The molecule has 1 rings (SSSR count). The first-order valence-electron chi connectivity index (χ1n) is 6.50. The molecule has 1 aromatic carbocycles. The second-order valence-electron chi connectivity index (χ2n) is 4.00. The largest absolute Gasteiger partial charge is 0.478 e. The SMILES string of the molecule is CCOCOc1cc(OCOCC)c(C(=O)O)c(C)c1Cl. The van der Waals surface area contributed by atoms with Crippen LogP contribution in [0.2, 0.25) is 5.02 Å². The Morgan fingerprint density at radius 2 is 1.67 bits per heavy atom. The van der Waals surface area contributed by atoms with Crippen LogP contribution in [0.4, 0.5) is 0 Å². The van der Waals surface area contributed by atoms with Crippen molar-refractivity contribution in [2.75, 3.05) is 26.8 Å². The zero-order chi connectivity index (χ0) is 15.8. The highest BCUT2D eigenvalue weighted by Crippen LogP contribution is 2.37. The van der Waals surface area contributed by atoms with E-state index in [0.717, 1.165) is 0 Å². The number of hydrogen-bond donors (Lipinski definition) is 1. The Morgan fingerprint density at radius 3 is 2.14 bits per heavy atom. The van der Waals surface area contributed by atoms with Crippen molar-refractivity contribution in [3.63, 3.8) is 0 Å². The average Bonchev–Trinajstić information content (AvgIpc) is 2.44. The molecule has 0 amide bonds. The fourth-order valence-electron chi connectivity index (χ4n) is 1.60. The molecule has 0 fully saturated rings. The van der Waals surface area contributed by atoms with Crippen molar-refractivity contribution in [1.82, 2.24) is 0 Å². The van der Waals surface area contributed by atoms with Gasteiger partial charge in [0.2, 0.25) is 0 Å². The highest BCUT2D eigenvalue weighted by atomic mass is 35.5. The summed E-state index contributed by atoms with van der Waals surface area (Å²) in [4.78, 5) is 11.4. The average molecular weight is 319 g/mol. The summed E-state index contributed by atoms with van der Waals surface area (Å²) in [6.45, 7) is 6.16. The lowest BCUT2D eigenvalue weighted by molar-refractivity contribution is 0.0175. The molecule has 118 valence electrons. The number of ether oxygens (including phenoxy) is 4. The van der Waals surface area contributed by atoms with E-state index in [1.54, 1.807) is 6.92 Å². The first-order chi connectivity index (χ1) is 10.0. The van der Waals surface area contributed by atoms with E-state index >= 15 is 0 Å². The van der Waals surface area contributed by atoms with Crippen LogP contribution in [0, 0.1) is 6.92 Å². The van der Waals surface area contributed by atoms with E-state index in [9.17, 15) is 9.90 Å². The number of aromatic carboxylic acids is 1. The van der Waals surface area contributed by atoms with Crippen LogP contribution in [-0.4, -0.2) is 37.9 Å². The van der Waals surface area contributed by atoms with Crippen LogP contribution in [0.15, 0.2) is 6.07 Å². The summed E-state index contributed by atoms with van der Waals surface area (Å²) in [6.07, 6.45) is 0. The molecule has 0 radical (unpaired) electrons. The van der Waals surface area contributed by atoms with Crippen molar-refractivity contribution in [2.45, 2.75) is 20.8 Å². The maximum Gasteiger partial charge on any atom is 0.339 e. The van der Waals surface area contributed by atoms with Crippen molar-refractivity contribution in [2.24, 2.45) is 0 Å². The molecule has 0 aliphatic carbocycles. The normalized spacial score (nSPS) is 10.5. The van der Waals surface area contributed by atoms with Gasteiger partial charge in [0, 0.05) is 19.3 Å². The van der Waals surface area contributed by atoms with Crippen LogP contribution >= 0.6 is 11.6 Å². The minimum atomic E-state index is -1.13. The summed E-state index contributed by atoms with van der Waals surface area (Å²) in [6, 6.07) is 1.43. The fourth-order valence-corrected chi connectivity index (χ4v) is 1.80. The van der Waals surface area contributed by atoms with Gasteiger partial charge in [-0.3, -0.25) is 0 Å². The quantitative estimate of drug-likeness (QED) is 0.557. The van der Waals surface area contributed by atoms with Gasteiger partial charge in [0.05, 0.1) is 5.02 Å². The number of halogens is 1. The fraction of sp³-hybridized carbons (Fsp3) is 0.500. The molecule has 0 spiro atoms. The van der Waals surface area contributed by atoms with Gasteiger partial charge in [0.1, 0.15) is 17.1 Å². The maximum atomic E-state index is 11.4. The minimum Gasteiger partial charge on any atom is -0.478 e. The number of carboxylic acid groups (broad SMARTS) is 1. The lowest BCUT2D eigenvalue weighted by Crippen LogP contribution is -2.10. The summed E-state index contributed by atoms with van der Waals surface area (Å²) in [5.41, 5.74) is 0.355. The van der Waals surface area contributed by atoms with Crippen molar-refractivity contribution < 1.29 is 28.8 Å². The van der Waals surface area contributed by atoms with Gasteiger partial charge in [-0.15, -0.1) is 0 Å². The highest BCUT2D eigenvalue weighted by molar-refractivity contribution is 6.33. The summed E-state index contributed by atoms with van der Waals surface area (Å²) in [7, 11) is 0. The zero-order valence-corrected chi connectivity index (χ0v) is 13.0. The number of hydrogen-bond acceptors (Lipinski definition) is 5. The third-order valence-corrected chi connectivity index (χ3v) is 3.12. The van der Waals surface area contributed by atoms with Crippen molar-refractivity contribution in [3.8, 4) is 11.5 Å². The standard InChI is InChI=1S/C14H19ClO6/c1-4-18-7-20-10-6-11(21-8-19-5-2)13(15)9(3)12(10)14(16)17/h6H,4-5,7-8H2,1-3H3,(H,16,17). The molecule has 0 saturated heterocycles. The molecule has 0 aliphatic rings. The minimum absolute atomic E-state index is 0.0107. The molecule has 0 unspecified atom stereocenters. The van der Waals surface area contributed by atoms with Crippen molar-refractivity contribution >= 4 is 17.6 Å². The van der Waals surface area contributed by atoms with Crippen LogP contribution in [0.3, 0.4) is 0 Å². The lowest BCUT2D eigenvalue weighted by atomic mass is 10.1. The molecule has 6 nitrogen and oxygen atoms in total. The van der Waals surface area contributed by atoms with Gasteiger partial charge in [0.15, 0.2) is 13.6 Å². The maximum absolute atomic E-state index is 11.4. The lowest BCUT2D eigenvalue weighted by Gasteiger charge is -2.16. The van der Waals surface area contributed by atoms with E-state index in [4.69, 9.17) is 30.5 Å². The van der Waals surface area contributed by atoms with E-state index in [1.807, 2.05) is 13.8 Å². The number of benzene rings is 1. The van der Waals surface area contributed by atoms with Gasteiger partial charge >= 0.3 is 5.97 Å². The summed E-state index contributed by atoms with van der Waals surface area (Å²) in [5.74, 6) is -0.680. The van der Waals surface area contributed by atoms with Crippen molar-refractivity contribution in [1.29, 1.82) is 0 Å². The molecule has 0 aliphatic heterocycles. The van der Waals surface area contributed by atoms with Gasteiger partial charge < -0.3 is 24.1 Å². The molecule has 1 N–H and O–H groups in total. The van der Waals surface area contributed by atoms with Crippen LogP contribution in [0.1, 0.15) is 29.8 Å². The predicted molar refractivity (Wildman–Crippen MR) is 77.4 cm³/mol. The Balaban J connectivity index is 3.08. The van der Waals surface area contributed by atoms with E-state index in [1.165, 1.54) is 6.07 Å². The molecule has 0 atom stereocenters. The second-order valence-corrected chi connectivity index (χ2v) is 4.38. The van der Waals surface area contributed by atoms with Gasteiger partial charge in [0.25, 0.3) is 0 Å². The summed E-state index contributed by atoms with van der Waals surface area (Å²) < 4.78 is 20.9. The molecule has 0 heterocycles. The van der Waals surface area contributed by atoms with E-state index in [-0.39, 0.29) is 29.9 Å². The van der Waals surface area contributed by atoms with Gasteiger partial charge in [-0.25, -0.2) is 4.79 Å². The third-order valence-electron chi connectivity index (χ3n) is 2.65. The first-order valence-corrected chi connectivity index (χ1v) is 6.88. The monoisotopic (exact) mass is 318 g/mol. The molecule has 21 heavy (non-hydrogen) atoms. The second kappa shape index (κ2) is 8.71. The van der Waals surface area contributed by atoms with Crippen molar-refractivity contribution in [3.05, 3.63) is 22.2 Å². The summed E-state index contributed by atoms with van der Waals surface area (Å²) in [5, 5.41) is 9.51. The molecule has 7 heteroatoms. The third kappa shape index (κ3) is 4.77. The van der Waals surface area contributed by atoms with E-state index < -0.39 is 5.97 Å². The molecule has 0 bridgehead atoms. The molecule has 0 aromatic heterocycles. The van der Waals surface area contributed by atoms with Crippen LogP contribution in [0.25, 0.3) is 0 Å². The Hall–Kier alpha value is -1.50. The van der Waals surface area contributed by atoms with Crippen LogP contribution in [-0.2, 0) is 9.47 Å². The van der Waals surface area contributed by atoms with E-state index in [2.05, 4.69) is 0 Å². The van der Waals surface area contributed by atoms with E-state index in [0.29, 0.717) is 24.5 Å². The Labute approximate surface area is 128 Å². The first kappa shape index (κ1) is 17.6. The van der Waals surface area contributed by atoms with Crippen LogP contribution < -0.4 is 9.47 Å². The van der Waals surface area contributed by atoms with Gasteiger partial charge in [-0.1, -0.05) is 11.6 Å². The summed E-state index contributed by atoms with van der Waals surface area (Å²) >= 11 is 6.12. The highest BCUT2D eigenvalue weighted by Gasteiger charge is 2.21. The van der Waals surface area contributed by atoms with Crippen LogP contribution in [0.5, 0.6) is 11.5 Å². The smallest absolute Gasteiger partial charge is 0.339 e. The molecular weight excluding hydrogens is 300 g/mol.